The normalized spacial score (nSPS) is 29.5. The van der Waals surface area contributed by atoms with Gasteiger partial charge in [-0.1, -0.05) is 19.8 Å². The molecule has 2 aliphatic rings. The van der Waals surface area contributed by atoms with Crippen LogP contribution in [0, 0.1) is 5.92 Å². The van der Waals surface area contributed by atoms with E-state index in [9.17, 15) is 4.21 Å². The van der Waals surface area contributed by atoms with Gasteiger partial charge in [0.15, 0.2) is 0 Å². The highest BCUT2D eigenvalue weighted by Crippen LogP contribution is 2.32. The Kier molecular flexibility index (Phi) is 4.17. The van der Waals surface area contributed by atoms with E-state index in [1.54, 1.807) is 0 Å². The summed E-state index contributed by atoms with van der Waals surface area (Å²) in [5, 5.41) is 0. The lowest BCUT2D eigenvalue weighted by atomic mass is 10.3. The minimum Gasteiger partial charge on any atom is -0.377 e. The van der Waals surface area contributed by atoms with Gasteiger partial charge in [0.2, 0.25) is 0 Å². The van der Waals surface area contributed by atoms with Crippen LogP contribution in [0.2, 0.25) is 0 Å². The Hall–Kier alpha value is 0.0700. The molecule has 0 aromatic rings. The Morgan fingerprint density at radius 3 is 2.87 bits per heavy atom. The van der Waals surface area contributed by atoms with Crippen molar-refractivity contribution >= 4 is 11.0 Å². The van der Waals surface area contributed by atoms with Crippen molar-refractivity contribution in [2.45, 2.75) is 38.7 Å². The van der Waals surface area contributed by atoms with E-state index in [4.69, 9.17) is 4.74 Å². The molecule has 1 aliphatic heterocycles. The van der Waals surface area contributed by atoms with E-state index in [2.05, 4.69) is 0 Å². The fourth-order valence-corrected chi connectivity index (χ4v) is 3.02. The predicted octanol–water partition coefficient (Wildman–Crippen LogP) is 1.56. The first-order valence-corrected chi connectivity index (χ1v) is 7.32. The molecular weight excluding hydrogens is 210 g/mol. The minimum atomic E-state index is -0.772. The van der Waals surface area contributed by atoms with Gasteiger partial charge in [-0.05, 0) is 18.8 Å². The van der Waals surface area contributed by atoms with E-state index in [1.165, 1.54) is 19.3 Å². The average molecular weight is 231 g/mol. The SMILES string of the molecule is CCS(=O)N1CCC(OCCC2CC2)C1. The number of ether oxygens (including phenoxy) is 1. The van der Waals surface area contributed by atoms with Crippen molar-refractivity contribution in [1.82, 2.24) is 4.31 Å². The van der Waals surface area contributed by atoms with Crippen LogP contribution in [0.3, 0.4) is 0 Å². The topological polar surface area (TPSA) is 29.5 Å². The summed E-state index contributed by atoms with van der Waals surface area (Å²) in [6, 6.07) is 0. The summed E-state index contributed by atoms with van der Waals surface area (Å²) in [5.74, 6) is 1.68. The summed E-state index contributed by atoms with van der Waals surface area (Å²) < 4.78 is 19.4. The van der Waals surface area contributed by atoms with Crippen LogP contribution in [-0.4, -0.2) is 40.1 Å². The van der Waals surface area contributed by atoms with Gasteiger partial charge in [0, 0.05) is 25.4 Å². The van der Waals surface area contributed by atoms with Crippen LogP contribution in [0.5, 0.6) is 0 Å². The molecule has 0 bridgehead atoms. The first-order valence-electron chi connectivity index (χ1n) is 6.04. The summed E-state index contributed by atoms with van der Waals surface area (Å²) in [6.45, 7) is 4.68. The van der Waals surface area contributed by atoms with E-state index in [-0.39, 0.29) is 0 Å². The van der Waals surface area contributed by atoms with Gasteiger partial charge in [0.25, 0.3) is 0 Å². The molecule has 1 saturated carbocycles. The summed E-state index contributed by atoms with van der Waals surface area (Å²) in [5.41, 5.74) is 0. The molecule has 88 valence electrons. The van der Waals surface area contributed by atoms with Crippen molar-refractivity contribution in [3.63, 3.8) is 0 Å². The van der Waals surface area contributed by atoms with Crippen molar-refractivity contribution < 1.29 is 8.95 Å². The molecule has 2 unspecified atom stereocenters. The third-order valence-corrected chi connectivity index (χ3v) is 4.62. The minimum absolute atomic E-state index is 0.333. The highest BCUT2D eigenvalue weighted by molar-refractivity contribution is 7.82. The second-order valence-corrected chi connectivity index (χ2v) is 6.25. The van der Waals surface area contributed by atoms with Crippen molar-refractivity contribution in [2.75, 3.05) is 25.4 Å². The maximum absolute atomic E-state index is 11.5. The molecule has 0 spiro atoms. The lowest BCUT2D eigenvalue weighted by Crippen LogP contribution is -2.26. The second kappa shape index (κ2) is 5.41. The number of hydrogen-bond acceptors (Lipinski definition) is 2. The Labute approximate surface area is 94.8 Å². The van der Waals surface area contributed by atoms with E-state index in [0.29, 0.717) is 6.10 Å². The number of rotatable bonds is 6. The molecule has 1 saturated heterocycles. The fourth-order valence-electron chi connectivity index (χ4n) is 2.01. The first-order chi connectivity index (χ1) is 7.29. The van der Waals surface area contributed by atoms with Crippen LogP contribution in [0.25, 0.3) is 0 Å². The maximum atomic E-state index is 11.5. The Bertz CT molecular complexity index is 231. The van der Waals surface area contributed by atoms with Gasteiger partial charge in [-0.3, -0.25) is 0 Å². The molecule has 3 nitrogen and oxygen atoms in total. The average Bonchev–Trinajstić information content (AvgIpc) is 2.94. The smallest absolute Gasteiger partial charge is 0.0940 e. The molecule has 0 aromatic heterocycles. The summed E-state index contributed by atoms with van der Waals surface area (Å²) in [4.78, 5) is 0. The van der Waals surface area contributed by atoms with Gasteiger partial charge in [-0.15, -0.1) is 0 Å². The maximum Gasteiger partial charge on any atom is 0.0940 e. The van der Waals surface area contributed by atoms with E-state index < -0.39 is 11.0 Å². The molecule has 0 N–H and O–H groups in total. The molecule has 1 aliphatic carbocycles. The lowest BCUT2D eigenvalue weighted by Gasteiger charge is -2.14. The van der Waals surface area contributed by atoms with Crippen molar-refractivity contribution in [3.05, 3.63) is 0 Å². The Morgan fingerprint density at radius 1 is 1.40 bits per heavy atom. The van der Waals surface area contributed by atoms with Crippen LogP contribution < -0.4 is 0 Å². The molecule has 2 atom stereocenters. The third kappa shape index (κ3) is 3.54. The van der Waals surface area contributed by atoms with Crippen LogP contribution in [0.15, 0.2) is 0 Å². The van der Waals surface area contributed by atoms with Crippen LogP contribution >= 0.6 is 0 Å². The molecule has 2 rings (SSSR count). The highest BCUT2D eigenvalue weighted by atomic mass is 32.2. The van der Waals surface area contributed by atoms with Crippen LogP contribution in [0.4, 0.5) is 0 Å². The van der Waals surface area contributed by atoms with Gasteiger partial charge in [-0.25, -0.2) is 8.51 Å². The predicted molar refractivity (Wildman–Crippen MR) is 62.0 cm³/mol. The summed E-state index contributed by atoms with van der Waals surface area (Å²) in [6.07, 6.45) is 5.42. The van der Waals surface area contributed by atoms with Crippen molar-refractivity contribution in [1.29, 1.82) is 0 Å². The molecule has 0 aromatic carbocycles. The number of hydrogen-bond donors (Lipinski definition) is 0. The van der Waals surface area contributed by atoms with Crippen LogP contribution in [-0.2, 0) is 15.7 Å². The number of nitrogens with zero attached hydrogens (tertiary/aromatic N) is 1. The van der Waals surface area contributed by atoms with E-state index in [1.807, 2.05) is 11.2 Å². The largest absolute Gasteiger partial charge is 0.377 e. The Morgan fingerprint density at radius 2 is 2.20 bits per heavy atom. The lowest BCUT2D eigenvalue weighted by molar-refractivity contribution is 0.0597. The van der Waals surface area contributed by atoms with Gasteiger partial charge in [-0.2, -0.15) is 0 Å². The summed E-state index contributed by atoms with van der Waals surface area (Å²) >= 11 is 0. The second-order valence-electron chi connectivity index (χ2n) is 4.51. The van der Waals surface area contributed by atoms with Gasteiger partial charge in [0.05, 0.1) is 17.1 Å². The molecule has 0 amide bonds. The molecule has 15 heavy (non-hydrogen) atoms. The zero-order valence-corrected chi connectivity index (χ0v) is 10.3. The standard InChI is InChI=1S/C11H21NO2S/c1-2-15(13)12-7-5-11(9-12)14-8-6-10-3-4-10/h10-11H,2-9H2,1H3. The quantitative estimate of drug-likeness (QED) is 0.694. The molecule has 4 heteroatoms. The highest BCUT2D eigenvalue weighted by Gasteiger charge is 2.27. The first kappa shape index (κ1) is 11.6. The van der Waals surface area contributed by atoms with Crippen molar-refractivity contribution in [3.8, 4) is 0 Å². The van der Waals surface area contributed by atoms with E-state index >= 15 is 0 Å². The molecule has 2 fully saturated rings. The monoisotopic (exact) mass is 231 g/mol. The van der Waals surface area contributed by atoms with Gasteiger partial charge in [0.1, 0.15) is 0 Å². The zero-order valence-electron chi connectivity index (χ0n) is 9.48. The fraction of sp³-hybridized carbons (Fsp3) is 1.00. The molecule has 0 radical (unpaired) electrons. The molecule has 1 heterocycles. The van der Waals surface area contributed by atoms with Crippen LogP contribution in [0.1, 0.15) is 32.6 Å². The zero-order chi connectivity index (χ0) is 10.7. The summed E-state index contributed by atoms with van der Waals surface area (Å²) in [7, 11) is -0.772. The van der Waals surface area contributed by atoms with E-state index in [0.717, 1.165) is 37.8 Å². The van der Waals surface area contributed by atoms with Crippen molar-refractivity contribution in [2.24, 2.45) is 5.92 Å². The third-order valence-electron chi connectivity index (χ3n) is 3.22. The van der Waals surface area contributed by atoms with Gasteiger partial charge >= 0.3 is 0 Å². The molecular formula is C11H21NO2S. The van der Waals surface area contributed by atoms with Gasteiger partial charge < -0.3 is 4.74 Å². The Balaban J connectivity index is 1.61.